The van der Waals surface area contributed by atoms with E-state index in [1.54, 1.807) is 6.07 Å². The van der Waals surface area contributed by atoms with Crippen LogP contribution in [0, 0.1) is 0 Å². The molecule has 1 aromatic rings. The van der Waals surface area contributed by atoms with Crippen molar-refractivity contribution in [3.8, 4) is 0 Å². The molecule has 12 heavy (non-hydrogen) atoms. The van der Waals surface area contributed by atoms with E-state index in [2.05, 4.69) is 0 Å². The summed E-state index contributed by atoms with van der Waals surface area (Å²) in [5.74, 6) is 0. The third-order valence-corrected chi connectivity index (χ3v) is 2.12. The number of anilines is 1. The predicted octanol–water partition coefficient (Wildman–Crippen LogP) is -0.401. The Bertz CT molecular complexity index is 363. The number of para-hydroxylation sites is 1. The van der Waals surface area contributed by atoms with Gasteiger partial charge >= 0.3 is 48.9 Å². The molecule has 0 amide bonds. The zero-order chi connectivity index (χ0) is 8.48. The summed E-state index contributed by atoms with van der Waals surface area (Å²) in [5.41, 5.74) is 5.32. The maximum absolute atomic E-state index is 10.5. The van der Waals surface area contributed by atoms with Crippen LogP contribution < -0.4 is 5.73 Å². The molecule has 6 heteroatoms. The van der Waals surface area contributed by atoms with E-state index >= 15 is 0 Å². The van der Waals surface area contributed by atoms with Crippen LogP contribution in [0.5, 0.6) is 0 Å². The van der Waals surface area contributed by atoms with Crippen LogP contribution in [0.3, 0.4) is 0 Å². The Kier molecular flexibility index (Phi) is 4.85. The summed E-state index contributed by atoms with van der Waals surface area (Å²) < 4.78 is 29.6. The maximum atomic E-state index is 10.5. The number of rotatable bonds is 1. The Hall–Kier alpha value is 0.501. The number of nitrogens with two attached hydrogens (primary N) is 1. The van der Waals surface area contributed by atoms with Crippen molar-refractivity contribution in [1.29, 1.82) is 0 Å². The summed E-state index contributed by atoms with van der Waals surface area (Å²) in [5, 5.41) is 0. The van der Waals surface area contributed by atoms with Gasteiger partial charge in [0.2, 0.25) is 0 Å². The van der Waals surface area contributed by atoms with Crippen molar-refractivity contribution in [2.75, 3.05) is 5.73 Å². The molecule has 0 saturated carbocycles. The average molecular weight is 313 g/mol. The van der Waals surface area contributed by atoms with E-state index < -0.39 is 10.1 Å². The predicted molar refractivity (Wildman–Crippen MR) is 49.2 cm³/mol. The standard InChI is InChI=1S/C6H7NO3S.Ba.2H/c7-5-3-1-2-4-6(5)11(8,9)10;;;/h1-4H,7H2,(H,8,9,10);;;. The van der Waals surface area contributed by atoms with E-state index in [0.29, 0.717) is 0 Å². The number of benzene rings is 1. The third kappa shape index (κ3) is 3.10. The molecule has 0 unspecified atom stereocenters. The van der Waals surface area contributed by atoms with Crippen molar-refractivity contribution in [2.45, 2.75) is 4.90 Å². The van der Waals surface area contributed by atoms with Crippen molar-refractivity contribution >= 4 is 64.7 Å². The van der Waals surface area contributed by atoms with E-state index in [1.165, 1.54) is 18.2 Å². The molecule has 0 bridgehead atoms. The van der Waals surface area contributed by atoms with Crippen LogP contribution in [0.15, 0.2) is 29.2 Å². The van der Waals surface area contributed by atoms with Gasteiger partial charge in [-0.2, -0.15) is 8.42 Å². The fraction of sp³-hybridized carbons (Fsp3) is 0. The third-order valence-electron chi connectivity index (χ3n) is 1.20. The van der Waals surface area contributed by atoms with Gasteiger partial charge in [0.15, 0.2) is 0 Å². The van der Waals surface area contributed by atoms with Crippen LogP contribution in [-0.2, 0) is 10.1 Å². The molecule has 4 nitrogen and oxygen atoms in total. The molecular formula is C6H9BaNO3S. The summed E-state index contributed by atoms with van der Waals surface area (Å²) in [4.78, 5) is -0.250. The number of nitrogen functional groups attached to an aromatic ring is 1. The van der Waals surface area contributed by atoms with Gasteiger partial charge in [-0.1, -0.05) is 12.1 Å². The van der Waals surface area contributed by atoms with Gasteiger partial charge in [0, 0.05) is 0 Å². The Morgan fingerprint density at radius 3 is 2.08 bits per heavy atom. The molecule has 0 aliphatic carbocycles. The van der Waals surface area contributed by atoms with Crippen molar-refractivity contribution in [3.05, 3.63) is 24.3 Å². The molecule has 3 N–H and O–H groups in total. The normalized spacial score (nSPS) is 10.4. The van der Waals surface area contributed by atoms with E-state index in [0.717, 1.165) is 0 Å². The number of hydrogen-bond donors (Lipinski definition) is 2. The molecule has 1 aromatic carbocycles. The van der Waals surface area contributed by atoms with Crippen LogP contribution >= 0.6 is 0 Å². The molecule has 0 aliphatic rings. The second-order valence-corrected chi connectivity index (χ2v) is 3.40. The van der Waals surface area contributed by atoms with Gasteiger partial charge in [-0.25, -0.2) is 0 Å². The zero-order valence-electron chi connectivity index (χ0n) is 5.56. The molecule has 1 rings (SSSR count). The molecule has 0 spiro atoms. The molecule has 0 atom stereocenters. The molecule has 64 valence electrons. The zero-order valence-corrected chi connectivity index (χ0v) is 6.38. The second kappa shape index (κ2) is 4.66. The molecular weight excluding hydrogens is 303 g/mol. The van der Waals surface area contributed by atoms with Crippen LogP contribution in [0.25, 0.3) is 0 Å². The fourth-order valence-electron chi connectivity index (χ4n) is 0.715. The van der Waals surface area contributed by atoms with Gasteiger partial charge in [-0.3, -0.25) is 4.55 Å². The van der Waals surface area contributed by atoms with Gasteiger partial charge in [0.25, 0.3) is 10.1 Å². The quantitative estimate of drug-likeness (QED) is 0.420. The Morgan fingerprint density at radius 2 is 1.75 bits per heavy atom. The summed E-state index contributed by atoms with van der Waals surface area (Å²) in [7, 11) is -4.16. The first-order valence-electron chi connectivity index (χ1n) is 2.84. The van der Waals surface area contributed by atoms with E-state index in [-0.39, 0.29) is 59.5 Å². The van der Waals surface area contributed by atoms with Crippen LogP contribution in [-0.4, -0.2) is 61.9 Å². The first-order valence-corrected chi connectivity index (χ1v) is 4.28. The first-order chi connectivity index (χ1) is 5.02. The van der Waals surface area contributed by atoms with E-state index in [4.69, 9.17) is 10.3 Å². The molecule has 0 radical (unpaired) electrons. The van der Waals surface area contributed by atoms with Crippen LogP contribution in [0.1, 0.15) is 0 Å². The SMILES string of the molecule is Nc1ccccc1S(=O)(=O)O.[BaH2]. The Labute approximate surface area is 111 Å². The van der Waals surface area contributed by atoms with Gasteiger partial charge in [0.05, 0.1) is 5.69 Å². The molecule has 0 saturated heterocycles. The first kappa shape index (κ1) is 12.5. The van der Waals surface area contributed by atoms with Crippen molar-refractivity contribution in [1.82, 2.24) is 0 Å². The van der Waals surface area contributed by atoms with Gasteiger partial charge in [-0.05, 0) is 12.1 Å². The van der Waals surface area contributed by atoms with Crippen LogP contribution in [0.2, 0.25) is 0 Å². The van der Waals surface area contributed by atoms with Gasteiger partial charge < -0.3 is 5.73 Å². The van der Waals surface area contributed by atoms with E-state index in [9.17, 15) is 8.42 Å². The topological polar surface area (TPSA) is 80.4 Å². The minimum absolute atomic E-state index is 0. The van der Waals surface area contributed by atoms with Crippen LogP contribution in [0.4, 0.5) is 5.69 Å². The van der Waals surface area contributed by atoms with E-state index in [1.807, 2.05) is 0 Å². The van der Waals surface area contributed by atoms with Gasteiger partial charge in [-0.15, -0.1) is 0 Å². The number of hydrogen-bond acceptors (Lipinski definition) is 3. The average Bonchev–Trinajstić information content (AvgIpc) is 1.86. The fourth-order valence-corrected chi connectivity index (χ4v) is 1.33. The van der Waals surface area contributed by atoms with Crippen molar-refractivity contribution in [2.24, 2.45) is 0 Å². The molecule has 0 heterocycles. The summed E-state index contributed by atoms with van der Waals surface area (Å²) in [6.45, 7) is 0. The second-order valence-electron chi connectivity index (χ2n) is 2.01. The molecule has 0 fully saturated rings. The Balaban J connectivity index is 0.00000121. The summed E-state index contributed by atoms with van der Waals surface area (Å²) in [6.07, 6.45) is 0. The monoisotopic (exact) mass is 313 g/mol. The summed E-state index contributed by atoms with van der Waals surface area (Å²) in [6, 6.07) is 5.72. The molecule has 0 aromatic heterocycles. The minimum atomic E-state index is -4.16. The molecule has 0 aliphatic heterocycles. The van der Waals surface area contributed by atoms with Crippen molar-refractivity contribution in [3.63, 3.8) is 0 Å². The van der Waals surface area contributed by atoms with Gasteiger partial charge in [0.1, 0.15) is 4.90 Å². The summed E-state index contributed by atoms with van der Waals surface area (Å²) >= 11 is 0. The Morgan fingerprint density at radius 1 is 1.25 bits per heavy atom. The van der Waals surface area contributed by atoms with Crippen molar-refractivity contribution < 1.29 is 13.0 Å².